The number of hydrogen-bond donors (Lipinski definition) is 1. The SMILES string of the molecule is COC(=O)CCCc1ccc(C(NS(=O)(=O)c2ccc(OC)cc2)c2cccnc2)cc1. The van der Waals surface area contributed by atoms with Crippen LogP contribution in [-0.4, -0.2) is 33.6 Å². The van der Waals surface area contributed by atoms with Gasteiger partial charge < -0.3 is 9.47 Å². The van der Waals surface area contributed by atoms with Crippen molar-refractivity contribution < 1.29 is 22.7 Å². The smallest absolute Gasteiger partial charge is 0.305 e. The van der Waals surface area contributed by atoms with Crippen molar-refractivity contribution in [2.24, 2.45) is 0 Å². The molecule has 3 rings (SSSR count). The van der Waals surface area contributed by atoms with E-state index in [0.29, 0.717) is 18.6 Å². The maximum absolute atomic E-state index is 13.1. The quantitative estimate of drug-likeness (QED) is 0.470. The number of methoxy groups -OCH3 is 2. The zero-order valence-electron chi connectivity index (χ0n) is 18.0. The molecule has 0 spiro atoms. The minimum atomic E-state index is -3.80. The number of carbonyl (C=O) groups is 1. The van der Waals surface area contributed by atoms with Crippen LogP contribution in [0.2, 0.25) is 0 Å². The molecule has 0 saturated heterocycles. The minimum Gasteiger partial charge on any atom is -0.497 e. The molecule has 1 atom stereocenters. The first-order chi connectivity index (χ1) is 15.4. The fourth-order valence-corrected chi connectivity index (χ4v) is 4.48. The molecule has 168 valence electrons. The second-order valence-corrected chi connectivity index (χ2v) is 8.90. The first-order valence-electron chi connectivity index (χ1n) is 10.1. The van der Waals surface area contributed by atoms with Crippen LogP contribution in [0.1, 0.15) is 35.6 Å². The largest absolute Gasteiger partial charge is 0.497 e. The highest BCUT2D eigenvalue weighted by molar-refractivity contribution is 7.89. The summed E-state index contributed by atoms with van der Waals surface area (Å²) in [6.07, 6.45) is 5.05. The first kappa shape index (κ1) is 23.4. The molecule has 8 heteroatoms. The van der Waals surface area contributed by atoms with E-state index in [9.17, 15) is 13.2 Å². The number of hydrogen-bond acceptors (Lipinski definition) is 6. The van der Waals surface area contributed by atoms with E-state index in [-0.39, 0.29) is 10.9 Å². The van der Waals surface area contributed by atoms with Crippen molar-refractivity contribution >= 4 is 16.0 Å². The van der Waals surface area contributed by atoms with Crippen molar-refractivity contribution in [1.29, 1.82) is 0 Å². The van der Waals surface area contributed by atoms with Gasteiger partial charge in [-0.1, -0.05) is 30.3 Å². The van der Waals surface area contributed by atoms with Crippen LogP contribution in [-0.2, 0) is 26.0 Å². The van der Waals surface area contributed by atoms with Gasteiger partial charge in [0.15, 0.2) is 0 Å². The molecule has 3 aromatic rings. The molecule has 0 saturated carbocycles. The van der Waals surface area contributed by atoms with Crippen LogP contribution in [0, 0.1) is 0 Å². The monoisotopic (exact) mass is 454 g/mol. The highest BCUT2D eigenvalue weighted by Gasteiger charge is 2.23. The molecule has 1 unspecified atom stereocenters. The standard InChI is InChI=1S/C24H26N2O5S/c1-30-21-12-14-22(15-13-21)32(28,29)26-24(20-6-4-16-25-17-20)19-10-8-18(9-11-19)5-3-7-23(27)31-2/h4,6,8-17,24,26H,3,5,7H2,1-2H3. The van der Waals surface area contributed by atoms with Crippen molar-refractivity contribution in [2.75, 3.05) is 14.2 Å². The Labute approximate surface area is 188 Å². The highest BCUT2D eigenvalue weighted by atomic mass is 32.2. The van der Waals surface area contributed by atoms with Crippen molar-refractivity contribution in [3.05, 3.63) is 89.7 Å². The summed E-state index contributed by atoms with van der Waals surface area (Å²) >= 11 is 0. The van der Waals surface area contributed by atoms with Gasteiger partial charge in [-0.3, -0.25) is 9.78 Å². The van der Waals surface area contributed by atoms with Gasteiger partial charge in [0.1, 0.15) is 5.75 Å². The van der Waals surface area contributed by atoms with Crippen molar-refractivity contribution in [1.82, 2.24) is 9.71 Å². The number of rotatable bonds is 10. The molecule has 32 heavy (non-hydrogen) atoms. The third-order valence-corrected chi connectivity index (χ3v) is 6.49. The van der Waals surface area contributed by atoms with Crippen LogP contribution >= 0.6 is 0 Å². The number of carbonyl (C=O) groups excluding carboxylic acids is 1. The Balaban J connectivity index is 1.83. The third kappa shape index (κ3) is 6.15. The number of nitrogens with zero attached hydrogens (tertiary/aromatic N) is 1. The lowest BCUT2D eigenvalue weighted by Crippen LogP contribution is -2.29. The lowest BCUT2D eigenvalue weighted by molar-refractivity contribution is -0.140. The molecule has 0 aliphatic rings. The summed E-state index contributed by atoms with van der Waals surface area (Å²) < 4.78 is 38.7. The number of pyridine rings is 1. The van der Waals surface area contributed by atoms with E-state index in [2.05, 4.69) is 14.4 Å². The molecular formula is C24H26N2O5S. The third-order valence-electron chi connectivity index (χ3n) is 5.05. The Morgan fingerprint density at radius 1 is 1.00 bits per heavy atom. The fourth-order valence-electron chi connectivity index (χ4n) is 3.27. The van der Waals surface area contributed by atoms with Crippen LogP contribution in [0.5, 0.6) is 5.75 Å². The first-order valence-corrected chi connectivity index (χ1v) is 11.6. The average Bonchev–Trinajstić information content (AvgIpc) is 2.83. The van der Waals surface area contributed by atoms with Gasteiger partial charge in [-0.25, -0.2) is 8.42 Å². The topological polar surface area (TPSA) is 94.6 Å². The van der Waals surface area contributed by atoms with Crippen LogP contribution in [0.25, 0.3) is 0 Å². The van der Waals surface area contributed by atoms with Gasteiger partial charge in [0.05, 0.1) is 25.2 Å². The Kier molecular flexibility index (Phi) is 7.97. The maximum atomic E-state index is 13.1. The van der Waals surface area contributed by atoms with Crippen molar-refractivity contribution in [2.45, 2.75) is 30.2 Å². The summed E-state index contributed by atoms with van der Waals surface area (Å²) in [5, 5.41) is 0. The lowest BCUT2D eigenvalue weighted by Gasteiger charge is -2.20. The fraction of sp³-hybridized carbons (Fsp3) is 0.250. The molecule has 1 heterocycles. The van der Waals surface area contributed by atoms with Gasteiger partial charge in [0.25, 0.3) is 0 Å². The molecule has 0 radical (unpaired) electrons. The van der Waals surface area contributed by atoms with Crippen molar-refractivity contribution in [3.63, 3.8) is 0 Å². The van der Waals surface area contributed by atoms with Crippen LogP contribution in [0.4, 0.5) is 0 Å². The number of esters is 1. The van der Waals surface area contributed by atoms with Gasteiger partial charge in [0.2, 0.25) is 10.0 Å². The molecule has 0 amide bonds. The highest BCUT2D eigenvalue weighted by Crippen LogP contribution is 2.25. The molecule has 0 aliphatic heterocycles. The molecular weight excluding hydrogens is 428 g/mol. The van der Waals surface area contributed by atoms with Crippen LogP contribution in [0.15, 0.2) is 78.0 Å². The minimum absolute atomic E-state index is 0.145. The molecule has 0 fully saturated rings. The Bertz CT molecular complexity index is 1120. The van der Waals surface area contributed by atoms with Crippen molar-refractivity contribution in [3.8, 4) is 5.75 Å². The van der Waals surface area contributed by atoms with Gasteiger partial charge in [-0.05, 0) is 59.9 Å². The normalized spacial score (nSPS) is 12.2. The molecule has 1 aromatic heterocycles. The molecule has 0 aliphatic carbocycles. The van der Waals surface area contributed by atoms with E-state index in [0.717, 1.165) is 23.1 Å². The molecule has 1 N–H and O–H groups in total. The summed E-state index contributed by atoms with van der Waals surface area (Å²) in [7, 11) is -0.897. The van der Waals surface area contributed by atoms with E-state index in [1.54, 1.807) is 30.6 Å². The number of nitrogens with one attached hydrogen (secondary N) is 1. The van der Waals surface area contributed by atoms with Crippen LogP contribution in [0.3, 0.4) is 0 Å². The second kappa shape index (κ2) is 10.9. The lowest BCUT2D eigenvalue weighted by atomic mass is 9.98. The second-order valence-electron chi connectivity index (χ2n) is 7.19. The Hall–Kier alpha value is -3.23. The van der Waals surface area contributed by atoms with Gasteiger partial charge in [-0.15, -0.1) is 0 Å². The molecule has 2 aromatic carbocycles. The number of aryl methyl sites for hydroxylation is 1. The number of aromatic nitrogens is 1. The van der Waals surface area contributed by atoms with Crippen LogP contribution < -0.4 is 9.46 Å². The number of sulfonamides is 1. The zero-order chi connectivity index (χ0) is 23.0. The molecule has 7 nitrogen and oxygen atoms in total. The predicted molar refractivity (Wildman–Crippen MR) is 121 cm³/mol. The van der Waals surface area contributed by atoms with Gasteiger partial charge in [0, 0.05) is 18.8 Å². The van der Waals surface area contributed by atoms with Gasteiger partial charge >= 0.3 is 5.97 Å². The maximum Gasteiger partial charge on any atom is 0.305 e. The summed E-state index contributed by atoms with van der Waals surface area (Å²) in [6.45, 7) is 0. The Morgan fingerprint density at radius 2 is 1.72 bits per heavy atom. The summed E-state index contributed by atoms with van der Waals surface area (Å²) in [5.41, 5.74) is 2.57. The van der Waals surface area contributed by atoms with E-state index < -0.39 is 16.1 Å². The van der Waals surface area contributed by atoms with E-state index in [1.807, 2.05) is 30.3 Å². The zero-order valence-corrected chi connectivity index (χ0v) is 18.8. The van der Waals surface area contributed by atoms with E-state index in [1.165, 1.54) is 26.4 Å². The summed E-state index contributed by atoms with van der Waals surface area (Å²) in [5.74, 6) is 0.349. The summed E-state index contributed by atoms with van der Waals surface area (Å²) in [4.78, 5) is 15.6. The Morgan fingerprint density at radius 3 is 2.31 bits per heavy atom. The summed E-state index contributed by atoms with van der Waals surface area (Å²) in [6, 6.07) is 16.9. The number of benzene rings is 2. The predicted octanol–water partition coefficient (Wildman–Crippen LogP) is 3.65. The van der Waals surface area contributed by atoms with Gasteiger partial charge in [-0.2, -0.15) is 4.72 Å². The average molecular weight is 455 g/mol. The number of ether oxygens (including phenoxy) is 2. The van der Waals surface area contributed by atoms with E-state index >= 15 is 0 Å². The molecule has 0 bridgehead atoms. The van der Waals surface area contributed by atoms with E-state index in [4.69, 9.17) is 4.74 Å².